The molecule has 130 valence electrons. The van der Waals surface area contributed by atoms with E-state index in [-0.39, 0.29) is 6.04 Å². The normalized spacial score (nSPS) is 16.6. The van der Waals surface area contributed by atoms with E-state index in [0.29, 0.717) is 21.6 Å². The number of thiocarbonyl (C=S) groups is 1. The minimum Gasteiger partial charge on any atom is -0.497 e. The molecule has 2 aromatic rings. The van der Waals surface area contributed by atoms with Gasteiger partial charge in [-0.25, -0.2) is 5.01 Å². The van der Waals surface area contributed by atoms with Crippen LogP contribution in [0.15, 0.2) is 47.6 Å². The second-order valence-corrected chi connectivity index (χ2v) is 6.79. The Morgan fingerprint density at radius 1 is 1.24 bits per heavy atom. The van der Waals surface area contributed by atoms with Gasteiger partial charge >= 0.3 is 0 Å². The van der Waals surface area contributed by atoms with Crippen LogP contribution in [0.4, 0.5) is 0 Å². The van der Waals surface area contributed by atoms with Gasteiger partial charge in [0.05, 0.1) is 18.9 Å². The quantitative estimate of drug-likeness (QED) is 0.769. The zero-order chi connectivity index (χ0) is 18.0. The lowest BCUT2D eigenvalue weighted by Crippen LogP contribution is -2.34. The van der Waals surface area contributed by atoms with E-state index < -0.39 is 0 Å². The topological polar surface area (TPSA) is 36.9 Å². The smallest absolute Gasteiger partial charge is 0.189 e. The van der Waals surface area contributed by atoms with Crippen LogP contribution in [0.25, 0.3) is 0 Å². The van der Waals surface area contributed by atoms with Crippen LogP contribution in [0, 0.1) is 0 Å². The van der Waals surface area contributed by atoms with Crippen molar-refractivity contribution in [1.29, 1.82) is 0 Å². The minimum absolute atomic E-state index is 0.0816. The highest BCUT2D eigenvalue weighted by molar-refractivity contribution is 7.80. The van der Waals surface area contributed by atoms with Gasteiger partial charge in [0.1, 0.15) is 5.75 Å². The molecule has 3 rings (SSSR count). The third-order valence-electron chi connectivity index (χ3n) is 4.08. The van der Waals surface area contributed by atoms with Crippen molar-refractivity contribution < 1.29 is 4.74 Å². The summed E-state index contributed by atoms with van der Waals surface area (Å²) >= 11 is 17.9. The SMILES string of the molecule is CNC(=S)N1N=C(c2ccc(OC)cc2)C[C@H]1c1ccc(Cl)cc1Cl. The fraction of sp³-hybridized carbons (Fsp3) is 0.222. The van der Waals surface area contributed by atoms with Gasteiger partial charge in [-0.05, 0) is 59.7 Å². The molecule has 1 heterocycles. The molecule has 4 nitrogen and oxygen atoms in total. The molecule has 1 atom stereocenters. The Hall–Kier alpha value is -1.82. The molecule has 7 heteroatoms. The summed E-state index contributed by atoms with van der Waals surface area (Å²) in [7, 11) is 3.43. The predicted molar refractivity (Wildman–Crippen MR) is 107 cm³/mol. The molecule has 0 saturated carbocycles. The van der Waals surface area contributed by atoms with Crippen LogP contribution in [0.2, 0.25) is 10.0 Å². The third-order valence-corrected chi connectivity index (χ3v) is 5.03. The zero-order valence-electron chi connectivity index (χ0n) is 13.8. The molecule has 1 aliphatic rings. The monoisotopic (exact) mass is 393 g/mol. The van der Waals surface area contributed by atoms with E-state index >= 15 is 0 Å². The van der Waals surface area contributed by atoms with Crippen molar-refractivity contribution in [1.82, 2.24) is 10.3 Å². The molecule has 0 aromatic heterocycles. The standard InChI is InChI=1S/C18H17Cl2N3OS/c1-21-18(25)23-17(14-8-5-12(19)9-15(14)20)10-16(22-23)11-3-6-13(24-2)7-4-11/h3-9,17H,10H2,1-2H3,(H,21,25)/t17-/m0/s1. The number of nitrogens with zero attached hydrogens (tertiary/aromatic N) is 2. The first-order chi connectivity index (χ1) is 12.0. The molecule has 0 aliphatic carbocycles. The fourth-order valence-electron chi connectivity index (χ4n) is 2.78. The highest BCUT2D eigenvalue weighted by Gasteiger charge is 2.32. The highest BCUT2D eigenvalue weighted by atomic mass is 35.5. The van der Waals surface area contributed by atoms with Gasteiger partial charge in [0.2, 0.25) is 0 Å². The highest BCUT2D eigenvalue weighted by Crippen LogP contribution is 2.37. The van der Waals surface area contributed by atoms with Crippen molar-refractivity contribution in [2.45, 2.75) is 12.5 Å². The van der Waals surface area contributed by atoms with Gasteiger partial charge in [0.25, 0.3) is 0 Å². The fourth-order valence-corrected chi connectivity index (χ4v) is 3.49. The van der Waals surface area contributed by atoms with Gasteiger partial charge in [0.15, 0.2) is 5.11 Å². The maximum absolute atomic E-state index is 6.41. The summed E-state index contributed by atoms with van der Waals surface area (Å²) in [6, 6.07) is 13.2. The molecule has 2 aromatic carbocycles. The van der Waals surface area contributed by atoms with Crippen LogP contribution in [-0.4, -0.2) is 30.0 Å². The second-order valence-electron chi connectivity index (χ2n) is 5.56. The molecule has 0 unspecified atom stereocenters. The number of methoxy groups -OCH3 is 1. The van der Waals surface area contributed by atoms with E-state index in [9.17, 15) is 0 Å². The Labute approximate surface area is 162 Å². The number of rotatable bonds is 3. The molecule has 0 saturated heterocycles. The van der Waals surface area contributed by atoms with Gasteiger partial charge in [0, 0.05) is 23.5 Å². The first-order valence-corrected chi connectivity index (χ1v) is 8.87. The summed E-state index contributed by atoms with van der Waals surface area (Å²) in [6.07, 6.45) is 0.690. The largest absolute Gasteiger partial charge is 0.497 e. The average molecular weight is 394 g/mol. The lowest BCUT2D eigenvalue weighted by molar-refractivity contribution is 0.367. The molecule has 0 radical (unpaired) electrons. The van der Waals surface area contributed by atoms with Crippen molar-refractivity contribution in [3.8, 4) is 5.75 Å². The van der Waals surface area contributed by atoms with Crippen LogP contribution in [0.5, 0.6) is 5.75 Å². The molecule has 25 heavy (non-hydrogen) atoms. The minimum atomic E-state index is -0.0816. The van der Waals surface area contributed by atoms with E-state index in [2.05, 4.69) is 5.32 Å². The van der Waals surface area contributed by atoms with Gasteiger partial charge < -0.3 is 10.1 Å². The number of hydrogen-bond acceptors (Lipinski definition) is 3. The molecule has 1 N–H and O–H groups in total. The van der Waals surface area contributed by atoms with Gasteiger partial charge in [-0.1, -0.05) is 29.3 Å². The van der Waals surface area contributed by atoms with E-state index in [0.717, 1.165) is 22.6 Å². The van der Waals surface area contributed by atoms with Crippen LogP contribution < -0.4 is 10.1 Å². The average Bonchev–Trinajstić information content (AvgIpc) is 3.06. The van der Waals surface area contributed by atoms with Gasteiger partial charge in [-0.3, -0.25) is 0 Å². The molecule has 0 spiro atoms. The number of halogens is 2. The van der Waals surface area contributed by atoms with Crippen molar-refractivity contribution in [2.24, 2.45) is 5.10 Å². The van der Waals surface area contributed by atoms with Crippen LogP contribution in [-0.2, 0) is 0 Å². The number of benzene rings is 2. The Balaban J connectivity index is 1.96. The van der Waals surface area contributed by atoms with E-state index in [4.69, 9.17) is 45.3 Å². The van der Waals surface area contributed by atoms with E-state index in [1.54, 1.807) is 25.2 Å². The van der Waals surface area contributed by atoms with E-state index in [1.807, 2.05) is 36.4 Å². The van der Waals surface area contributed by atoms with Crippen molar-refractivity contribution in [2.75, 3.05) is 14.2 Å². The maximum Gasteiger partial charge on any atom is 0.189 e. The number of hydrazone groups is 1. The molecule has 1 aliphatic heterocycles. The summed E-state index contributed by atoms with van der Waals surface area (Å²) in [6.45, 7) is 0. The Morgan fingerprint density at radius 3 is 2.56 bits per heavy atom. The molecule has 0 amide bonds. The summed E-state index contributed by atoms with van der Waals surface area (Å²) in [5, 5.41) is 11.3. The van der Waals surface area contributed by atoms with Crippen molar-refractivity contribution >= 4 is 46.2 Å². The van der Waals surface area contributed by atoms with Crippen molar-refractivity contribution in [3.05, 3.63) is 63.6 Å². The lowest BCUT2D eigenvalue weighted by Gasteiger charge is -2.24. The molecular formula is C18H17Cl2N3OS. The van der Waals surface area contributed by atoms with Crippen LogP contribution >= 0.6 is 35.4 Å². The molecular weight excluding hydrogens is 377 g/mol. The number of ether oxygens (including phenoxy) is 1. The summed E-state index contributed by atoms with van der Waals surface area (Å²) in [5.74, 6) is 0.808. The Bertz CT molecular complexity index is 824. The summed E-state index contributed by atoms with van der Waals surface area (Å²) in [4.78, 5) is 0. The Kier molecular flexibility index (Phi) is 5.47. The first-order valence-electron chi connectivity index (χ1n) is 7.71. The second kappa shape index (κ2) is 7.60. The summed E-state index contributed by atoms with van der Waals surface area (Å²) in [5.41, 5.74) is 2.91. The zero-order valence-corrected chi connectivity index (χ0v) is 16.1. The van der Waals surface area contributed by atoms with Crippen LogP contribution in [0.1, 0.15) is 23.6 Å². The first kappa shape index (κ1) is 18.0. The predicted octanol–water partition coefficient (Wildman–Crippen LogP) is 4.66. The van der Waals surface area contributed by atoms with E-state index in [1.165, 1.54) is 0 Å². The van der Waals surface area contributed by atoms with Gasteiger partial charge in [-0.15, -0.1) is 0 Å². The third kappa shape index (κ3) is 3.73. The summed E-state index contributed by atoms with van der Waals surface area (Å²) < 4.78 is 5.21. The lowest BCUT2D eigenvalue weighted by atomic mass is 9.98. The Morgan fingerprint density at radius 2 is 1.96 bits per heavy atom. The van der Waals surface area contributed by atoms with Crippen LogP contribution in [0.3, 0.4) is 0 Å². The molecule has 0 fully saturated rings. The number of hydrogen-bond donors (Lipinski definition) is 1. The van der Waals surface area contributed by atoms with Crippen molar-refractivity contribution in [3.63, 3.8) is 0 Å². The van der Waals surface area contributed by atoms with Gasteiger partial charge in [-0.2, -0.15) is 5.10 Å². The molecule has 0 bridgehead atoms. The number of nitrogens with one attached hydrogen (secondary N) is 1. The maximum atomic E-state index is 6.41.